The topological polar surface area (TPSA) is 108 Å². The Bertz CT molecular complexity index is 965. The fraction of sp³-hybridized carbons (Fsp3) is 0.176. The number of amides is 1. The van der Waals surface area contributed by atoms with Gasteiger partial charge in [0.05, 0.1) is 23.3 Å². The van der Waals surface area contributed by atoms with Crippen LogP contribution in [0.15, 0.2) is 36.4 Å². The molecule has 1 amide bonds. The van der Waals surface area contributed by atoms with Crippen LogP contribution < -0.4 is 10.1 Å². The number of non-ortho nitro benzene ring substituents is 1. The smallest absolute Gasteiger partial charge is 0.418 e. The number of benzene rings is 2. The summed E-state index contributed by atoms with van der Waals surface area (Å²) in [6, 6.07) is 5.91. The molecule has 0 spiro atoms. The Balaban J connectivity index is 2.13. The van der Waals surface area contributed by atoms with Crippen molar-refractivity contribution in [1.82, 2.24) is 0 Å². The van der Waals surface area contributed by atoms with Crippen LogP contribution in [0.2, 0.25) is 5.02 Å². The van der Waals surface area contributed by atoms with Gasteiger partial charge in [0.2, 0.25) is 0 Å². The number of nitrogens with zero attached hydrogens (tertiary/aromatic N) is 1. The number of alkyl halides is 3. The molecule has 2 aromatic carbocycles. The predicted octanol–water partition coefficient (Wildman–Crippen LogP) is 4.07. The number of anilines is 1. The first kappa shape index (κ1) is 22.0. The van der Waals surface area contributed by atoms with Crippen molar-refractivity contribution in [3.63, 3.8) is 0 Å². The Morgan fingerprint density at radius 3 is 2.48 bits per heavy atom. The molecule has 29 heavy (non-hydrogen) atoms. The molecule has 12 heteroatoms. The highest BCUT2D eigenvalue weighted by Crippen LogP contribution is 2.37. The number of carbonyl (C=O) groups excluding carboxylic acids is 2. The third-order valence-electron chi connectivity index (χ3n) is 3.51. The standard InChI is InChI=1S/C17H12ClF3N2O6/c1-28-14-5-2-9(18)6-11(14)16(25)29-8-15(24)22-13-4-3-10(23(26)27)7-12(13)17(19,20)21/h2-7H,8H2,1H3,(H,22,24). The summed E-state index contributed by atoms with van der Waals surface area (Å²) in [6.45, 7) is -0.914. The average molecular weight is 433 g/mol. The molecular weight excluding hydrogens is 421 g/mol. The van der Waals surface area contributed by atoms with Crippen LogP contribution in [0.4, 0.5) is 24.5 Å². The number of esters is 1. The van der Waals surface area contributed by atoms with Crippen LogP contribution in [0.1, 0.15) is 15.9 Å². The van der Waals surface area contributed by atoms with Crippen LogP contribution in [0.25, 0.3) is 0 Å². The Labute approximate surface area is 166 Å². The fourth-order valence-electron chi connectivity index (χ4n) is 2.22. The van der Waals surface area contributed by atoms with E-state index in [1.807, 2.05) is 5.32 Å². The van der Waals surface area contributed by atoms with Gasteiger partial charge in [-0.05, 0) is 24.3 Å². The minimum absolute atomic E-state index is 0.0842. The predicted molar refractivity (Wildman–Crippen MR) is 95.0 cm³/mol. The third-order valence-corrected chi connectivity index (χ3v) is 3.74. The molecular formula is C17H12ClF3N2O6. The van der Waals surface area contributed by atoms with Gasteiger partial charge >= 0.3 is 12.1 Å². The van der Waals surface area contributed by atoms with E-state index in [9.17, 15) is 32.9 Å². The van der Waals surface area contributed by atoms with E-state index in [1.165, 1.54) is 25.3 Å². The Hall–Kier alpha value is -3.34. The molecule has 0 saturated carbocycles. The van der Waals surface area contributed by atoms with Crippen molar-refractivity contribution >= 4 is 34.9 Å². The van der Waals surface area contributed by atoms with E-state index in [4.69, 9.17) is 21.1 Å². The number of rotatable bonds is 6. The van der Waals surface area contributed by atoms with Gasteiger partial charge in [-0.15, -0.1) is 0 Å². The number of nitro benzene ring substituents is 1. The Morgan fingerprint density at radius 2 is 1.90 bits per heavy atom. The molecule has 0 bridgehead atoms. The zero-order chi connectivity index (χ0) is 21.8. The van der Waals surface area contributed by atoms with Crippen molar-refractivity contribution in [2.45, 2.75) is 6.18 Å². The molecule has 0 aliphatic rings. The largest absolute Gasteiger partial charge is 0.496 e. The Morgan fingerprint density at radius 1 is 1.21 bits per heavy atom. The van der Waals surface area contributed by atoms with Crippen molar-refractivity contribution in [3.05, 3.63) is 62.7 Å². The van der Waals surface area contributed by atoms with E-state index in [0.717, 1.165) is 12.1 Å². The lowest BCUT2D eigenvalue weighted by Crippen LogP contribution is -2.23. The highest BCUT2D eigenvalue weighted by atomic mass is 35.5. The molecule has 2 rings (SSSR count). The summed E-state index contributed by atoms with van der Waals surface area (Å²) < 4.78 is 49.1. The lowest BCUT2D eigenvalue weighted by atomic mass is 10.1. The van der Waals surface area contributed by atoms with Crippen molar-refractivity contribution < 1.29 is 37.2 Å². The summed E-state index contributed by atoms with van der Waals surface area (Å²) in [6.07, 6.45) is -4.96. The summed E-state index contributed by atoms with van der Waals surface area (Å²) in [5.74, 6) is -1.95. The molecule has 154 valence electrons. The van der Waals surface area contributed by atoms with Gasteiger partial charge in [0.25, 0.3) is 11.6 Å². The zero-order valence-corrected chi connectivity index (χ0v) is 15.3. The molecule has 0 aromatic heterocycles. The maximum atomic E-state index is 13.1. The minimum Gasteiger partial charge on any atom is -0.496 e. The summed E-state index contributed by atoms with van der Waals surface area (Å²) in [4.78, 5) is 33.7. The number of carbonyl (C=O) groups is 2. The Kier molecular flexibility index (Phi) is 6.64. The number of methoxy groups -OCH3 is 1. The van der Waals surface area contributed by atoms with Crippen LogP contribution >= 0.6 is 11.6 Å². The van der Waals surface area contributed by atoms with Gasteiger partial charge in [-0.2, -0.15) is 13.2 Å². The fourth-order valence-corrected chi connectivity index (χ4v) is 2.40. The summed E-state index contributed by atoms with van der Waals surface area (Å²) in [5, 5.41) is 12.8. The lowest BCUT2D eigenvalue weighted by Gasteiger charge is -2.14. The number of hydrogen-bond donors (Lipinski definition) is 1. The molecule has 0 saturated heterocycles. The normalized spacial score (nSPS) is 10.9. The van der Waals surface area contributed by atoms with Crippen molar-refractivity contribution in [2.75, 3.05) is 19.0 Å². The SMILES string of the molecule is COc1ccc(Cl)cc1C(=O)OCC(=O)Nc1ccc([N+](=O)[O-])cc1C(F)(F)F. The molecule has 0 fully saturated rings. The van der Waals surface area contributed by atoms with Gasteiger partial charge in [0.1, 0.15) is 11.3 Å². The van der Waals surface area contributed by atoms with E-state index in [1.54, 1.807) is 0 Å². The molecule has 2 aromatic rings. The van der Waals surface area contributed by atoms with Crippen LogP contribution in [0, 0.1) is 10.1 Å². The molecule has 1 N–H and O–H groups in total. The van der Waals surface area contributed by atoms with Crippen LogP contribution in [-0.2, 0) is 15.7 Å². The number of ether oxygens (including phenoxy) is 2. The molecule has 0 unspecified atom stereocenters. The maximum Gasteiger partial charge on any atom is 0.418 e. The zero-order valence-electron chi connectivity index (χ0n) is 14.6. The first-order valence-corrected chi connectivity index (χ1v) is 8.07. The molecule has 0 atom stereocenters. The van der Waals surface area contributed by atoms with Crippen molar-refractivity contribution in [2.24, 2.45) is 0 Å². The monoisotopic (exact) mass is 432 g/mol. The molecule has 0 aliphatic heterocycles. The van der Waals surface area contributed by atoms with Gasteiger partial charge in [0.15, 0.2) is 6.61 Å². The van der Waals surface area contributed by atoms with Gasteiger partial charge in [0, 0.05) is 17.2 Å². The summed E-state index contributed by atoms with van der Waals surface area (Å²) in [7, 11) is 1.29. The second kappa shape index (κ2) is 8.78. The molecule has 8 nitrogen and oxygen atoms in total. The molecule has 0 radical (unpaired) electrons. The summed E-state index contributed by atoms with van der Waals surface area (Å²) >= 11 is 5.79. The van der Waals surface area contributed by atoms with E-state index >= 15 is 0 Å². The van der Waals surface area contributed by atoms with Gasteiger partial charge in [-0.1, -0.05) is 11.6 Å². The number of halogens is 4. The third kappa shape index (κ3) is 5.57. The second-order valence-corrected chi connectivity index (χ2v) is 5.89. The van der Waals surface area contributed by atoms with Gasteiger partial charge in [-0.25, -0.2) is 4.79 Å². The first-order chi connectivity index (χ1) is 13.5. The van der Waals surface area contributed by atoms with E-state index in [2.05, 4.69) is 0 Å². The van der Waals surface area contributed by atoms with Gasteiger partial charge in [-0.3, -0.25) is 14.9 Å². The van der Waals surface area contributed by atoms with Gasteiger partial charge < -0.3 is 14.8 Å². The van der Waals surface area contributed by atoms with Crippen molar-refractivity contribution in [1.29, 1.82) is 0 Å². The summed E-state index contributed by atoms with van der Waals surface area (Å²) in [5.41, 5.74) is -3.01. The highest BCUT2D eigenvalue weighted by Gasteiger charge is 2.35. The highest BCUT2D eigenvalue weighted by molar-refractivity contribution is 6.31. The first-order valence-electron chi connectivity index (χ1n) is 7.69. The molecule has 0 heterocycles. The average Bonchev–Trinajstić information content (AvgIpc) is 2.65. The van der Waals surface area contributed by atoms with Crippen molar-refractivity contribution in [3.8, 4) is 5.75 Å². The van der Waals surface area contributed by atoms with E-state index in [-0.39, 0.29) is 16.3 Å². The second-order valence-electron chi connectivity index (χ2n) is 5.45. The minimum atomic E-state index is -4.96. The number of nitrogens with one attached hydrogen (secondary N) is 1. The van der Waals surface area contributed by atoms with Crippen LogP contribution in [-0.4, -0.2) is 30.5 Å². The van der Waals surface area contributed by atoms with Crippen LogP contribution in [0.3, 0.4) is 0 Å². The molecule has 0 aliphatic carbocycles. The quantitative estimate of drug-likeness (QED) is 0.419. The maximum absolute atomic E-state index is 13.1. The number of hydrogen-bond acceptors (Lipinski definition) is 6. The lowest BCUT2D eigenvalue weighted by molar-refractivity contribution is -0.385. The van der Waals surface area contributed by atoms with Crippen LogP contribution in [0.5, 0.6) is 5.75 Å². The van der Waals surface area contributed by atoms with E-state index < -0.39 is 46.5 Å². The van der Waals surface area contributed by atoms with E-state index in [0.29, 0.717) is 6.07 Å². The number of nitro groups is 1.